The first-order chi connectivity index (χ1) is 9.43. The number of nitrogens with one attached hydrogen (secondary N) is 2. The van der Waals surface area contributed by atoms with E-state index in [0.717, 1.165) is 0 Å². The normalized spacial score (nSPS) is 12.6. The maximum absolute atomic E-state index is 11.5. The van der Waals surface area contributed by atoms with Crippen LogP contribution in [-0.2, 0) is 4.74 Å². The van der Waals surface area contributed by atoms with E-state index in [4.69, 9.17) is 45.3 Å². The van der Waals surface area contributed by atoms with Gasteiger partial charge in [-0.3, -0.25) is 5.32 Å². The van der Waals surface area contributed by atoms with Crippen molar-refractivity contribution in [3.05, 3.63) is 18.5 Å². The van der Waals surface area contributed by atoms with Crippen molar-refractivity contribution in [2.75, 3.05) is 18.5 Å². The second-order valence-corrected chi connectivity index (χ2v) is 5.98. The van der Waals surface area contributed by atoms with Crippen LogP contribution in [0.4, 0.5) is 10.7 Å². The first kappa shape index (κ1) is 17.0. The molecule has 0 radical (unpaired) electrons. The third kappa shape index (κ3) is 6.42. The Hall–Kier alpha value is -1.02. The first-order valence-corrected chi connectivity index (χ1v) is 6.80. The molecule has 1 heterocycles. The van der Waals surface area contributed by atoms with Gasteiger partial charge < -0.3 is 15.8 Å². The predicted molar refractivity (Wildman–Crippen MR) is 77.9 cm³/mol. The van der Waals surface area contributed by atoms with Crippen molar-refractivity contribution < 1.29 is 9.53 Å². The van der Waals surface area contributed by atoms with E-state index in [-0.39, 0.29) is 12.6 Å². The molecule has 20 heavy (non-hydrogen) atoms. The number of carbonyl (C=O) groups is 1. The predicted octanol–water partition coefficient (Wildman–Crippen LogP) is 1.66. The quantitative estimate of drug-likeness (QED) is 0.413. The molecule has 0 saturated heterocycles. The van der Waals surface area contributed by atoms with Crippen molar-refractivity contribution in [2.45, 2.75) is 16.4 Å². The molecule has 7 nitrogen and oxygen atoms in total. The number of rotatable bonds is 6. The molecule has 0 aliphatic rings. The molecule has 1 aromatic rings. The first-order valence-electron chi connectivity index (χ1n) is 5.67. The zero-order valence-corrected chi connectivity index (χ0v) is 12.6. The van der Waals surface area contributed by atoms with Crippen LogP contribution in [0.5, 0.6) is 0 Å². The van der Waals surface area contributed by atoms with E-state index in [2.05, 4.69) is 20.6 Å². The molecule has 0 bridgehead atoms. The third-order valence-electron chi connectivity index (χ3n) is 2.01. The van der Waals surface area contributed by atoms with E-state index in [9.17, 15) is 4.79 Å². The highest BCUT2D eigenvalue weighted by molar-refractivity contribution is 6.68. The number of alkyl carbamates (subject to hydrolysis) is 1. The molecule has 0 aliphatic carbocycles. The lowest BCUT2D eigenvalue weighted by molar-refractivity contribution is 0.142. The van der Waals surface area contributed by atoms with Crippen LogP contribution in [0.15, 0.2) is 18.5 Å². The molecule has 0 aliphatic heterocycles. The van der Waals surface area contributed by atoms with Crippen LogP contribution in [0, 0.1) is 0 Å². The van der Waals surface area contributed by atoms with Gasteiger partial charge in [0.05, 0.1) is 6.61 Å². The van der Waals surface area contributed by atoms with Gasteiger partial charge in [-0.2, -0.15) is 0 Å². The summed E-state index contributed by atoms with van der Waals surface area (Å²) in [4.78, 5) is 19.4. The Balaban J connectivity index is 2.59. The Morgan fingerprint density at radius 3 is 2.60 bits per heavy atom. The van der Waals surface area contributed by atoms with Crippen LogP contribution in [0.1, 0.15) is 6.42 Å². The number of nitrogens with two attached hydrogens (primary N) is 1. The molecular formula is C10H14Cl3N5O2. The van der Waals surface area contributed by atoms with Gasteiger partial charge in [0.1, 0.15) is 0 Å². The number of nitrogens with zero attached hydrogens (tertiary/aromatic N) is 2. The summed E-state index contributed by atoms with van der Waals surface area (Å²) in [7, 11) is 0. The summed E-state index contributed by atoms with van der Waals surface area (Å²) in [5, 5.41) is 5.06. The number of aromatic nitrogens is 2. The average Bonchev–Trinajstić information content (AvgIpc) is 2.38. The minimum atomic E-state index is -1.81. The number of carbonyl (C=O) groups excluding carboxylic acids is 1. The minimum absolute atomic E-state index is 0.177. The van der Waals surface area contributed by atoms with E-state index in [0.29, 0.717) is 13.0 Å². The molecule has 1 amide bonds. The van der Waals surface area contributed by atoms with Crippen molar-refractivity contribution in [1.82, 2.24) is 15.3 Å². The summed E-state index contributed by atoms with van der Waals surface area (Å²) in [6.45, 7) is 0.591. The second kappa shape index (κ2) is 8.31. The lowest BCUT2D eigenvalue weighted by atomic mass is 10.5. The van der Waals surface area contributed by atoms with Crippen LogP contribution in [0.3, 0.4) is 0 Å². The van der Waals surface area contributed by atoms with Crippen molar-refractivity contribution >= 4 is 46.8 Å². The monoisotopic (exact) mass is 341 g/mol. The summed E-state index contributed by atoms with van der Waals surface area (Å²) in [5.41, 5.74) is 5.28. The minimum Gasteiger partial charge on any atom is -0.449 e. The fourth-order valence-corrected chi connectivity index (χ4v) is 1.44. The molecule has 0 aromatic carbocycles. The van der Waals surface area contributed by atoms with Gasteiger partial charge in [0.25, 0.3) is 0 Å². The van der Waals surface area contributed by atoms with Gasteiger partial charge in [-0.25, -0.2) is 14.8 Å². The van der Waals surface area contributed by atoms with Crippen molar-refractivity contribution in [2.24, 2.45) is 5.73 Å². The number of halogens is 3. The summed E-state index contributed by atoms with van der Waals surface area (Å²) in [6, 6.07) is 1.63. The van der Waals surface area contributed by atoms with Gasteiger partial charge in [-0.05, 0) is 19.0 Å². The molecule has 1 rings (SSSR count). The van der Waals surface area contributed by atoms with Crippen molar-refractivity contribution in [1.29, 1.82) is 0 Å². The SMILES string of the molecule is NCCCOC(=O)NC(Nc1ncccn1)C(Cl)(Cl)Cl. The summed E-state index contributed by atoms with van der Waals surface area (Å²) in [6.07, 6.45) is 1.76. The number of anilines is 1. The Morgan fingerprint density at radius 2 is 2.05 bits per heavy atom. The molecule has 112 valence electrons. The van der Waals surface area contributed by atoms with Crippen LogP contribution in [-0.4, -0.2) is 39.2 Å². The highest BCUT2D eigenvalue weighted by atomic mass is 35.6. The smallest absolute Gasteiger partial charge is 0.408 e. The number of amides is 1. The molecule has 1 atom stereocenters. The van der Waals surface area contributed by atoms with Gasteiger partial charge >= 0.3 is 6.09 Å². The maximum Gasteiger partial charge on any atom is 0.408 e. The molecule has 0 spiro atoms. The van der Waals surface area contributed by atoms with Gasteiger partial charge in [-0.1, -0.05) is 34.8 Å². The van der Waals surface area contributed by atoms with E-state index >= 15 is 0 Å². The van der Waals surface area contributed by atoms with E-state index in [1.54, 1.807) is 6.07 Å². The van der Waals surface area contributed by atoms with Gasteiger partial charge in [-0.15, -0.1) is 0 Å². The maximum atomic E-state index is 11.5. The lowest BCUT2D eigenvalue weighted by Gasteiger charge is -2.25. The zero-order valence-electron chi connectivity index (χ0n) is 10.4. The molecule has 1 unspecified atom stereocenters. The van der Waals surface area contributed by atoms with Crippen LogP contribution in [0.2, 0.25) is 0 Å². The number of alkyl halides is 3. The third-order valence-corrected chi connectivity index (χ3v) is 2.66. The van der Waals surface area contributed by atoms with E-state index < -0.39 is 16.1 Å². The fourth-order valence-electron chi connectivity index (χ4n) is 1.11. The molecule has 0 saturated carbocycles. The Kier molecular flexibility index (Phi) is 7.08. The van der Waals surface area contributed by atoms with Crippen LogP contribution < -0.4 is 16.4 Å². The van der Waals surface area contributed by atoms with Crippen molar-refractivity contribution in [3.63, 3.8) is 0 Å². The highest BCUT2D eigenvalue weighted by Gasteiger charge is 2.35. The van der Waals surface area contributed by atoms with Crippen LogP contribution in [0.25, 0.3) is 0 Å². The van der Waals surface area contributed by atoms with Gasteiger partial charge in [0, 0.05) is 12.4 Å². The number of ether oxygens (including phenoxy) is 1. The molecule has 4 N–H and O–H groups in total. The Morgan fingerprint density at radius 1 is 1.40 bits per heavy atom. The summed E-state index contributed by atoms with van der Waals surface area (Å²) in [5.74, 6) is 0.200. The van der Waals surface area contributed by atoms with Gasteiger partial charge in [0.15, 0.2) is 6.17 Å². The largest absolute Gasteiger partial charge is 0.449 e. The molecule has 0 fully saturated rings. The van der Waals surface area contributed by atoms with E-state index in [1.165, 1.54) is 12.4 Å². The van der Waals surface area contributed by atoms with Crippen molar-refractivity contribution in [3.8, 4) is 0 Å². The number of hydrogen-bond donors (Lipinski definition) is 3. The summed E-state index contributed by atoms with van der Waals surface area (Å²) < 4.78 is 3.05. The molecular weight excluding hydrogens is 329 g/mol. The average molecular weight is 343 g/mol. The van der Waals surface area contributed by atoms with Crippen LogP contribution >= 0.6 is 34.8 Å². The standard InChI is InChI=1S/C10H14Cl3N5O2/c11-10(12,13)7(17-8-15-4-2-5-16-8)18-9(19)20-6-1-3-14/h2,4-5,7H,1,3,6,14H2,(H,18,19)(H,15,16,17). The fraction of sp³-hybridized carbons (Fsp3) is 0.500. The molecule has 10 heteroatoms. The Bertz CT molecular complexity index is 415. The second-order valence-electron chi connectivity index (χ2n) is 3.61. The summed E-state index contributed by atoms with van der Waals surface area (Å²) >= 11 is 17.3. The zero-order chi connectivity index (χ0) is 15.0. The number of hydrogen-bond acceptors (Lipinski definition) is 6. The van der Waals surface area contributed by atoms with Gasteiger partial charge in [0.2, 0.25) is 9.74 Å². The Labute approximate surface area is 131 Å². The van der Waals surface area contributed by atoms with E-state index in [1.807, 2.05) is 0 Å². The topological polar surface area (TPSA) is 102 Å². The molecule has 1 aromatic heterocycles. The highest BCUT2D eigenvalue weighted by Crippen LogP contribution is 2.30. The lowest BCUT2D eigenvalue weighted by Crippen LogP contribution is -2.49.